The number of nitrogens with zero attached hydrogens (tertiary/aromatic N) is 3. The zero-order valence-corrected chi connectivity index (χ0v) is 67.2. The number of para-hydroxylation sites is 6. The fraction of sp³-hybridized carbons (Fsp3) is 0.0536. The second kappa shape index (κ2) is 29.6. The molecule has 0 saturated carbocycles. The van der Waals surface area contributed by atoms with Gasteiger partial charge in [0.05, 0.1) is 28.3 Å². The summed E-state index contributed by atoms with van der Waals surface area (Å²) < 4.78 is 31.4. The summed E-state index contributed by atoms with van der Waals surface area (Å²) in [5, 5.41) is 14.1. The van der Waals surface area contributed by atoms with Crippen LogP contribution in [0.2, 0.25) is 0 Å². The summed E-state index contributed by atoms with van der Waals surface area (Å²) in [6, 6.07) is 147. The molecule has 0 aliphatic carbocycles. The van der Waals surface area contributed by atoms with E-state index in [-0.39, 0.29) is 11.2 Å². The van der Waals surface area contributed by atoms with Gasteiger partial charge in [-0.1, -0.05) is 285 Å². The highest BCUT2D eigenvalue weighted by Crippen LogP contribution is 2.50. The van der Waals surface area contributed by atoms with E-state index in [0.29, 0.717) is 0 Å². The fourth-order valence-corrected chi connectivity index (χ4v) is 18.1. The first kappa shape index (κ1) is 72.5. The topological polar surface area (TPSA) is 67.6 Å². The van der Waals surface area contributed by atoms with Crippen LogP contribution in [-0.2, 0) is 9.31 Å². The molecule has 1 fully saturated rings. The van der Waals surface area contributed by atoms with Crippen molar-refractivity contribution >= 4 is 162 Å². The Morgan fingerprint density at radius 1 is 0.207 bits per heavy atom. The highest BCUT2D eigenvalue weighted by molar-refractivity contribution is 6.62. The van der Waals surface area contributed by atoms with Crippen LogP contribution < -0.4 is 20.2 Å². The average Bonchev–Trinajstić information content (AvgIpc) is 1.71. The Kier molecular flexibility index (Phi) is 17.7. The van der Waals surface area contributed by atoms with E-state index in [4.69, 9.17) is 22.6 Å². The molecular weight excluding hydrogens is 1480 g/mol. The monoisotopic (exact) mass is 1560 g/mol. The van der Waals surface area contributed by atoms with Crippen LogP contribution >= 0.6 is 0 Å². The molecule has 1 aliphatic rings. The molecule has 1 aliphatic heterocycles. The molecule has 19 aromatic carbocycles. The smallest absolute Gasteiger partial charge is 0.456 e. The molecule has 4 heterocycles. The van der Waals surface area contributed by atoms with Crippen LogP contribution in [0.5, 0.6) is 0 Å². The van der Waals surface area contributed by atoms with Crippen molar-refractivity contribution in [1.82, 2.24) is 0 Å². The third-order valence-electron chi connectivity index (χ3n) is 24.8. The summed E-state index contributed by atoms with van der Waals surface area (Å²) in [4.78, 5) is 7.08. The van der Waals surface area contributed by atoms with Crippen LogP contribution in [0.1, 0.15) is 27.7 Å². The average molecular weight is 1560 g/mol. The van der Waals surface area contributed by atoms with E-state index in [1.165, 1.54) is 43.4 Å². The maximum Gasteiger partial charge on any atom is 0.494 e. The molecule has 0 radical (unpaired) electrons. The van der Waals surface area contributed by atoms with Gasteiger partial charge in [-0.25, -0.2) is 0 Å². The normalized spacial score (nSPS) is 13.2. The molecule has 0 N–H and O–H groups in total. The van der Waals surface area contributed by atoms with Crippen molar-refractivity contribution in [2.75, 3.05) is 14.7 Å². The van der Waals surface area contributed by atoms with E-state index < -0.39 is 7.12 Å². The van der Waals surface area contributed by atoms with Gasteiger partial charge in [-0.15, -0.1) is 0 Å². The Bertz CT molecular complexity index is 7330. The molecule has 8 nitrogen and oxygen atoms in total. The quantitative estimate of drug-likeness (QED) is 0.0743. The number of rotatable bonds is 15. The standard InChI is InChI=1S/C76H48N2O2.C36H32BNO3/c1-3-15-49(16-4-1)61-19-7-11-23-69(61)77(57-39-45-73-67(47-57)63-21-9-13-25-71(63)79-73)55-35-27-51(28-36-55)59-41-31-53-34-44-66-60(42-32-54-33-43-65(59)75(53)76(54)66)52-29-37-56(38-30-52)78(70-24-12-8-20-62(70)50-17-5-2-6-18-50)58-40-46-74-68(48-58)64-22-10-14-26-72(64)80-74;1-35(2)36(3,4)41-37(40-35)26-18-20-27(21-19-26)38(32-16-10-8-14-29(32)25-12-6-5-7-13-25)28-22-23-34-31(24-28)30-15-9-11-17-33(30)39-34/h1-48H;5-24H,1-4H3. The third-order valence-corrected chi connectivity index (χ3v) is 24.8. The van der Waals surface area contributed by atoms with Crippen LogP contribution in [-0.4, -0.2) is 18.3 Å². The summed E-state index contributed by atoms with van der Waals surface area (Å²) >= 11 is 0. The number of anilines is 9. The minimum absolute atomic E-state index is 0.389. The first-order chi connectivity index (χ1) is 59.5. The summed E-state index contributed by atoms with van der Waals surface area (Å²) in [6.45, 7) is 8.33. The first-order valence-corrected chi connectivity index (χ1v) is 41.4. The number of hydrogen-bond acceptors (Lipinski definition) is 8. The van der Waals surface area contributed by atoms with Crippen molar-refractivity contribution in [3.05, 3.63) is 413 Å². The van der Waals surface area contributed by atoms with Crippen LogP contribution in [0.15, 0.2) is 426 Å². The molecule has 576 valence electrons. The van der Waals surface area contributed by atoms with Gasteiger partial charge in [0.1, 0.15) is 33.5 Å². The molecule has 23 rings (SSSR count). The van der Waals surface area contributed by atoms with E-state index in [9.17, 15) is 0 Å². The maximum absolute atomic E-state index is 6.33. The number of furan rings is 3. The molecular formula is C112H80BN3O5. The largest absolute Gasteiger partial charge is 0.494 e. The number of hydrogen-bond donors (Lipinski definition) is 0. The maximum atomic E-state index is 6.33. The zero-order chi connectivity index (χ0) is 80.9. The zero-order valence-electron chi connectivity index (χ0n) is 67.2. The third kappa shape index (κ3) is 12.8. The van der Waals surface area contributed by atoms with Gasteiger partial charge >= 0.3 is 7.12 Å². The van der Waals surface area contributed by atoms with Gasteiger partial charge in [-0.05, 0) is 232 Å². The van der Waals surface area contributed by atoms with Crippen molar-refractivity contribution < 1.29 is 22.6 Å². The summed E-state index contributed by atoms with van der Waals surface area (Å²) in [5.74, 6) is 0. The van der Waals surface area contributed by atoms with Gasteiger partial charge in [-0.2, -0.15) is 0 Å². The lowest BCUT2D eigenvalue weighted by Gasteiger charge is -2.32. The second-order valence-electron chi connectivity index (χ2n) is 32.4. The lowest BCUT2D eigenvalue weighted by Crippen LogP contribution is -2.41. The van der Waals surface area contributed by atoms with E-state index in [1.807, 2.05) is 36.4 Å². The molecule has 3 aromatic heterocycles. The Hall–Kier alpha value is -15.0. The van der Waals surface area contributed by atoms with Crippen LogP contribution in [0.4, 0.5) is 51.2 Å². The lowest BCUT2D eigenvalue weighted by atomic mass is 9.79. The Labute approximate surface area is 701 Å². The predicted octanol–water partition coefficient (Wildman–Crippen LogP) is 31.0. The summed E-state index contributed by atoms with van der Waals surface area (Å²) in [6.07, 6.45) is 0. The molecule has 121 heavy (non-hydrogen) atoms. The Morgan fingerprint density at radius 3 is 0.826 bits per heavy atom. The molecule has 0 spiro atoms. The molecule has 1 saturated heterocycles. The summed E-state index contributed by atoms with van der Waals surface area (Å²) in [5.41, 5.74) is 26.8. The van der Waals surface area contributed by atoms with Crippen molar-refractivity contribution in [2.24, 2.45) is 0 Å². The number of fused-ring (bicyclic) bond motifs is 9. The van der Waals surface area contributed by atoms with Crippen LogP contribution in [0, 0.1) is 0 Å². The highest BCUT2D eigenvalue weighted by atomic mass is 16.7. The lowest BCUT2D eigenvalue weighted by molar-refractivity contribution is 0.00578. The minimum atomic E-state index is -0.409. The van der Waals surface area contributed by atoms with Gasteiger partial charge in [0.15, 0.2) is 0 Å². The molecule has 0 atom stereocenters. The summed E-state index contributed by atoms with van der Waals surface area (Å²) in [7, 11) is -0.409. The SMILES string of the molecule is CC1(C)OB(c2ccc(N(c3ccc4oc5ccccc5c4c3)c3ccccc3-c3ccccc3)cc2)OC1(C)C.c1ccc(-c2ccccc2N(c2ccc(-c3ccc4ccc5c(-c6ccc(N(c7ccc8oc9ccccc9c8c7)c7ccccc7-c7ccccc7)cc6)ccc6ccc3c4c65)cc2)c2ccc3oc4ccccc4c3c2)cc1. The fourth-order valence-electron chi connectivity index (χ4n) is 18.1. The van der Waals surface area contributed by atoms with E-state index in [1.54, 1.807) is 0 Å². The van der Waals surface area contributed by atoms with E-state index >= 15 is 0 Å². The predicted molar refractivity (Wildman–Crippen MR) is 505 cm³/mol. The first-order valence-electron chi connectivity index (χ1n) is 41.4. The van der Waals surface area contributed by atoms with Gasteiger partial charge in [0.25, 0.3) is 0 Å². The molecule has 0 bridgehead atoms. The molecule has 9 heteroatoms. The highest BCUT2D eigenvalue weighted by Gasteiger charge is 2.52. The van der Waals surface area contributed by atoms with Crippen molar-refractivity contribution in [1.29, 1.82) is 0 Å². The van der Waals surface area contributed by atoms with Crippen LogP contribution in [0.25, 0.3) is 154 Å². The van der Waals surface area contributed by atoms with Gasteiger partial charge in [0.2, 0.25) is 0 Å². The van der Waals surface area contributed by atoms with Crippen molar-refractivity contribution in [2.45, 2.75) is 38.9 Å². The Balaban J connectivity index is 0.000000179. The van der Waals surface area contributed by atoms with Gasteiger partial charge in [0, 0.05) is 83.1 Å². The Morgan fingerprint density at radius 2 is 0.479 bits per heavy atom. The second-order valence-corrected chi connectivity index (χ2v) is 32.4. The van der Waals surface area contributed by atoms with E-state index in [2.05, 4.69) is 419 Å². The van der Waals surface area contributed by atoms with E-state index in [0.717, 1.165) is 167 Å². The van der Waals surface area contributed by atoms with Gasteiger partial charge in [-0.3, -0.25) is 0 Å². The van der Waals surface area contributed by atoms with Gasteiger partial charge < -0.3 is 37.3 Å². The van der Waals surface area contributed by atoms with Crippen molar-refractivity contribution in [3.63, 3.8) is 0 Å². The minimum Gasteiger partial charge on any atom is -0.456 e. The van der Waals surface area contributed by atoms with Crippen molar-refractivity contribution in [3.8, 4) is 55.6 Å². The van der Waals surface area contributed by atoms with Crippen LogP contribution in [0.3, 0.4) is 0 Å². The number of benzene rings is 19. The molecule has 0 unspecified atom stereocenters. The molecule has 0 amide bonds. The molecule has 22 aromatic rings.